The monoisotopic (exact) mass is 243 g/mol. The number of hydrazine groups is 1. The van der Waals surface area contributed by atoms with E-state index in [9.17, 15) is 0 Å². The van der Waals surface area contributed by atoms with Crippen LogP contribution in [0.25, 0.3) is 0 Å². The summed E-state index contributed by atoms with van der Waals surface area (Å²) in [4.78, 5) is 10.2. The quantitative estimate of drug-likeness (QED) is 0.626. The molecule has 0 bridgehead atoms. The van der Waals surface area contributed by atoms with E-state index >= 15 is 0 Å². The standard InChI is InChI=1S/C10H18ClN5/c1-5-10(2,3)16(4)8-7(11)6-13-9(14-8)15-12/h6H,5,12H2,1-4H3,(H,13,14,15). The van der Waals surface area contributed by atoms with Crippen LogP contribution in [0.3, 0.4) is 0 Å². The second-order valence-corrected chi connectivity index (χ2v) is 4.64. The molecule has 0 saturated carbocycles. The van der Waals surface area contributed by atoms with Crippen LogP contribution in [0.4, 0.5) is 11.8 Å². The minimum Gasteiger partial charge on any atom is -0.353 e. The summed E-state index contributed by atoms with van der Waals surface area (Å²) in [5.74, 6) is 6.31. The van der Waals surface area contributed by atoms with Gasteiger partial charge in [-0.3, -0.25) is 5.43 Å². The second-order valence-electron chi connectivity index (χ2n) is 4.23. The highest BCUT2D eigenvalue weighted by Crippen LogP contribution is 2.29. The molecule has 6 heteroatoms. The van der Waals surface area contributed by atoms with Crippen LogP contribution in [0.5, 0.6) is 0 Å². The molecule has 0 unspecified atom stereocenters. The second kappa shape index (κ2) is 4.84. The van der Waals surface area contributed by atoms with Crippen molar-refractivity contribution in [2.24, 2.45) is 5.84 Å². The summed E-state index contributed by atoms with van der Waals surface area (Å²) in [6, 6.07) is 0. The van der Waals surface area contributed by atoms with Gasteiger partial charge < -0.3 is 4.90 Å². The number of aromatic nitrogens is 2. The first kappa shape index (κ1) is 13.0. The predicted octanol–water partition coefficient (Wildman–Crippen LogP) is 2.04. The molecule has 90 valence electrons. The highest BCUT2D eigenvalue weighted by atomic mass is 35.5. The van der Waals surface area contributed by atoms with Crippen LogP contribution in [0, 0.1) is 0 Å². The van der Waals surface area contributed by atoms with E-state index < -0.39 is 0 Å². The lowest BCUT2D eigenvalue weighted by molar-refractivity contribution is 0.467. The number of nitrogens with zero attached hydrogens (tertiary/aromatic N) is 3. The maximum Gasteiger partial charge on any atom is 0.239 e. The van der Waals surface area contributed by atoms with Gasteiger partial charge in [0.2, 0.25) is 5.95 Å². The van der Waals surface area contributed by atoms with Crippen molar-refractivity contribution in [1.82, 2.24) is 9.97 Å². The molecule has 16 heavy (non-hydrogen) atoms. The maximum atomic E-state index is 6.08. The minimum absolute atomic E-state index is 0.0239. The summed E-state index contributed by atoms with van der Waals surface area (Å²) < 4.78 is 0. The van der Waals surface area contributed by atoms with E-state index in [-0.39, 0.29) is 5.54 Å². The zero-order valence-electron chi connectivity index (χ0n) is 10.1. The Balaban J connectivity index is 3.11. The van der Waals surface area contributed by atoms with Crippen LogP contribution in [0.15, 0.2) is 6.20 Å². The molecule has 1 aromatic rings. The fourth-order valence-electron chi connectivity index (χ4n) is 1.19. The summed E-state index contributed by atoms with van der Waals surface area (Å²) in [5.41, 5.74) is 2.39. The average molecular weight is 244 g/mol. The lowest BCUT2D eigenvalue weighted by atomic mass is 10.0. The van der Waals surface area contributed by atoms with E-state index in [0.29, 0.717) is 16.8 Å². The number of rotatable bonds is 4. The summed E-state index contributed by atoms with van der Waals surface area (Å²) in [6.07, 6.45) is 2.52. The van der Waals surface area contributed by atoms with Gasteiger partial charge in [0.25, 0.3) is 0 Å². The molecule has 1 aromatic heterocycles. The number of nitrogens with one attached hydrogen (secondary N) is 1. The molecular formula is C10H18ClN5. The van der Waals surface area contributed by atoms with Crippen molar-refractivity contribution in [1.29, 1.82) is 0 Å². The SMILES string of the molecule is CCC(C)(C)N(C)c1nc(NN)ncc1Cl. The van der Waals surface area contributed by atoms with Crippen LogP contribution >= 0.6 is 11.6 Å². The van der Waals surface area contributed by atoms with Gasteiger partial charge in [-0.2, -0.15) is 4.98 Å². The highest BCUT2D eigenvalue weighted by molar-refractivity contribution is 6.32. The third kappa shape index (κ3) is 2.54. The van der Waals surface area contributed by atoms with Crippen LogP contribution in [-0.4, -0.2) is 22.6 Å². The topological polar surface area (TPSA) is 67.1 Å². The molecule has 0 atom stereocenters. The Morgan fingerprint density at radius 3 is 2.69 bits per heavy atom. The fraction of sp³-hybridized carbons (Fsp3) is 0.600. The average Bonchev–Trinajstić information content (AvgIpc) is 2.29. The van der Waals surface area contributed by atoms with Crippen molar-refractivity contribution >= 4 is 23.4 Å². The number of nitrogen functional groups attached to an aromatic ring is 1. The number of halogens is 1. The van der Waals surface area contributed by atoms with Crippen LogP contribution in [-0.2, 0) is 0 Å². The van der Waals surface area contributed by atoms with Gasteiger partial charge in [-0.15, -0.1) is 0 Å². The smallest absolute Gasteiger partial charge is 0.239 e. The molecule has 1 heterocycles. The Morgan fingerprint density at radius 2 is 2.19 bits per heavy atom. The molecule has 5 nitrogen and oxygen atoms in total. The van der Waals surface area contributed by atoms with Crippen LogP contribution in [0.1, 0.15) is 27.2 Å². The summed E-state index contributed by atoms with van der Waals surface area (Å²) in [6.45, 7) is 6.37. The molecule has 0 aliphatic heterocycles. The molecule has 0 amide bonds. The highest BCUT2D eigenvalue weighted by Gasteiger charge is 2.24. The fourth-order valence-corrected chi connectivity index (χ4v) is 1.40. The van der Waals surface area contributed by atoms with Gasteiger partial charge in [0.1, 0.15) is 5.02 Å². The van der Waals surface area contributed by atoms with Crippen LogP contribution < -0.4 is 16.2 Å². The Labute approximate surface area is 101 Å². The lowest BCUT2D eigenvalue weighted by Gasteiger charge is -2.36. The van der Waals surface area contributed by atoms with Crippen molar-refractivity contribution < 1.29 is 0 Å². The molecule has 0 aromatic carbocycles. The molecule has 0 aliphatic carbocycles. The number of hydrogen-bond acceptors (Lipinski definition) is 5. The molecule has 0 saturated heterocycles. The summed E-state index contributed by atoms with van der Waals surface area (Å²) in [7, 11) is 1.96. The van der Waals surface area contributed by atoms with Gasteiger partial charge in [0, 0.05) is 12.6 Å². The molecule has 0 radical (unpaired) electrons. The summed E-state index contributed by atoms with van der Waals surface area (Å²) >= 11 is 6.08. The Morgan fingerprint density at radius 1 is 1.56 bits per heavy atom. The van der Waals surface area contributed by atoms with Gasteiger partial charge >= 0.3 is 0 Å². The van der Waals surface area contributed by atoms with Gasteiger partial charge in [-0.25, -0.2) is 10.8 Å². The zero-order valence-corrected chi connectivity index (χ0v) is 10.8. The van der Waals surface area contributed by atoms with Crippen molar-refractivity contribution in [3.63, 3.8) is 0 Å². The van der Waals surface area contributed by atoms with Crippen molar-refractivity contribution in [2.45, 2.75) is 32.7 Å². The normalized spacial score (nSPS) is 11.4. The molecule has 0 fully saturated rings. The van der Waals surface area contributed by atoms with E-state index in [4.69, 9.17) is 17.4 Å². The van der Waals surface area contributed by atoms with Crippen LogP contribution in [0.2, 0.25) is 5.02 Å². The van der Waals surface area contributed by atoms with E-state index in [1.165, 1.54) is 0 Å². The third-order valence-electron chi connectivity index (χ3n) is 2.95. The number of nitrogens with two attached hydrogens (primary N) is 1. The van der Waals surface area contributed by atoms with Crippen molar-refractivity contribution in [3.8, 4) is 0 Å². The molecule has 3 N–H and O–H groups in total. The van der Waals surface area contributed by atoms with Crippen molar-refractivity contribution in [3.05, 3.63) is 11.2 Å². The number of anilines is 2. The third-order valence-corrected chi connectivity index (χ3v) is 3.21. The molecule has 0 spiro atoms. The first-order valence-corrected chi connectivity index (χ1v) is 5.53. The summed E-state index contributed by atoms with van der Waals surface area (Å²) in [5, 5.41) is 0.517. The Bertz CT molecular complexity index is 366. The van der Waals surface area contributed by atoms with Gasteiger partial charge in [-0.05, 0) is 20.3 Å². The van der Waals surface area contributed by atoms with E-state index in [1.54, 1.807) is 6.20 Å². The lowest BCUT2D eigenvalue weighted by Crippen LogP contribution is -2.41. The molecular weight excluding hydrogens is 226 g/mol. The first-order chi connectivity index (χ1) is 7.42. The molecule has 0 aliphatic rings. The van der Waals surface area contributed by atoms with Gasteiger partial charge in [-0.1, -0.05) is 18.5 Å². The first-order valence-electron chi connectivity index (χ1n) is 5.15. The predicted molar refractivity (Wildman–Crippen MR) is 67.6 cm³/mol. The van der Waals surface area contributed by atoms with E-state index in [1.807, 2.05) is 11.9 Å². The largest absolute Gasteiger partial charge is 0.353 e. The molecule has 1 rings (SSSR count). The Kier molecular flexibility index (Phi) is 3.93. The van der Waals surface area contributed by atoms with Crippen molar-refractivity contribution in [2.75, 3.05) is 17.4 Å². The van der Waals surface area contributed by atoms with Gasteiger partial charge in [0.05, 0.1) is 6.20 Å². The maximum absolute atomic E-state index is 6.08. The minimum atomic E-state index is -0.0239. The Hall–Kier alpha value is -1.07. The number of hydrogen-bond donors (Lipinski definition) is 2. The zero-order chi connectivity index (χ0) is 12.3. The van der Waals surface area contributed by atoms with E-state index in [0.717, 1.165) is 6.42 Å². The van der Waals surface area contributed by atoms with E-state index in [2.05, 4.69) is 36.2 Å². The van der Waals surface area contributed by atoms with Gasteiger partial charge in [0.15, 0.2) is 5.82 Å².